The van der Waals surface area contributed by atoms with E-state index in [-0.39, 0.29) is 6.61 Å². The van der Waals surface area contributed by atoms with Crippen molar-refractivity contribution in [1.29, 1.82) is 0 Å². The molecule has 0 bridgehead atoms. The molecule has 0 aliphatic rings. The summed E-state index contributed by atoms with van der Waals surface area (Å²) in [5, 5.41) is 10.3. The molecule has 0 saturated heterocycles. The Morgan fingerprint density at radius 1 is 1.31 bits per heavy atom. The predicted molar refractivity (Wildman–Crippen MR) is 67.1 cm³/mol. The quantitative estimate of drug-likeness (QED) is 0.850. The van der Waals surface area contributed by atoms with Crippen molar-refractivity contribution >= 4 is 17.0 Å². The van der Waals surface area contributed by atoms with Crippen LogP contribution in [0.1, 0.15) is 18.9 Å². The van der Waals surface area contributed by atoms with Gasteiger partial charge >= 0.3 is 0 Å². The summed E-state index contributed by atoms with van der Waals surface area (Å²) in [5.74, 6) is 0. The normalized spacial score (nSPS) is 12.0. The number of para-hydroxylation sites is 1. The molecule has 1 N–H and O–H groups in total. The molecule has 0 radical (unpaired) electrons. The van der Waals surface area contributed by atoms with E-state index in [4.69, 9.17) is 0 Å². The second-order valence-corrected chi connectivity index (χ2v) is 3.74. The zero-order valence-corrected chi connectivity index (χ0v) is 9.35. The molecular weight excluding hydrogens is 198 g/mol. The summed E-state index contributed by atoms with van der Waals surface area (Å²) < 4.78 is 0. The van der Waals surface area contributed by atoms with Crippen molar-refractivity contribution in [1.82, 2.24) is 4.98 Å². The predicted octanol–water partition coefficient (Wildman–Crippen LogP) is 3.02. The standard InChI is InChI=1S/C14H15NO/c1-2-11(10-16)9-13-6-3-5-12-7-4-8-15-14(12)13/h3-9,16H,2,10H2,1H3. The monoisotopic (exact) mass is 213 g/mol. The van der Waals surface area contributed by atoms with E-state index in [1.165, 1.54) is 0 Å². The molecule has 0 atom stereocenters. The molecule has 2 rings (SSSR count). The zero-order valence-electron chi connectivity index (χ0n) is 9.35. The number of aliphatic hydroxyl groups is 1. The molecule has 16 heavy (non-hydrogen) atoms. The SMILES string of the molecule is CCC(=Cc1cccc2cccnc12)CO. The second-order valence-electron chi connectivity index (χ2n) is 3.74. The van der Waals surface area contributed by atoms with Gasteiger partial charge in [0.1, 0.15) is 0 Å². The molecule has 82 valence electrons. The average molecular weight is 213 g/mol. The van der Waals surface area contributed by atoms with Crippen LogP contribution in [0.3, 0.4) is 0 Å². The van der Waals surface area contributed by atoms with Crippen LogP contribution in [0.4, 0.5) is 0 Å². The van der Waals surface area contributed by atoms with Gasteiger partial charge in [-0.25, -0.2) is 0 Å². The van der Waals surface area contributed by atoms with E-state index in [0.29, 0.717) is 0 Å². The number of pyridine rings is 1. The van der Waals surface area contributed by atoms with Crippen molar-refractivity contribution in [2.75, 3.05) is 6.61 Å². The Labute approximate surface area is 95.3 Å². The van der Waals surface area contributed by atoms with E-state index in [2.05, 4.69) is 4.98 Å². The van der Waals surface area contributed by atoms with E-state index in [1.807, 2.05) is 43.3 Å². The summed E-state index contributed by atoms with van der Waals surface area (Å²) in [6.07, 6.45) is 4.68. The molecule has 0 unspecified atom stereocenters. The molecule has 0 fully saturated rings. The summed E-state index contributed by atoms with van der Waals surface area (Å²) in [6, 6.07) is 10.1. The fourth-order valence-corrected chi connectivity index (χ4v) is 1.72. The van der Waals surface area contributed by atoms with Crippen molar-refractivity contribution in [3.05, 3.63) is 47.7 Å². The largest absolute Gasteiger partial charge is 0.392 e. The molecular formula is C14H15NO. The lowest BCUT2D eigenvalue weighted by Crippen LogP contribution is -1.89. The van der Waals surface area contributed by atoms with E-state index in [9.17, 15) is 5.11 Å². The molecule has 1 aromatic heterocycles. The molecule has 2 heteroatoms. The van der Waals surface area contributed by atoms with Crippen LogP contribution in [-0.4, -0.2) is 16.7 Å². The summed E-state index contributed by atoms with van der Waals surface area (Å²) in [5.41, 5.74) is 3.09. The van der Waals surface area contributed by atoms with Crippen LogP contribution in [0.25, 0.3) is 17.0 Å². The lowest BCUT2D eigenvalue weighted by molar-refractivity contribution is 0.329. The summed E-state index contributed by atoms with van der Waals surface area (Å²) in [7, 11) is 0. The highest BCUT2D eigenvalue weighted by molar-refractivity contribution is 5.87. The van der Waals surface area contributed by atoms with Gasteiger partial charge in [0.15, 0.2) is 0 Å². The molecule has 0 amide bonds. The first-order valence-electron chi connectivity index (χ1n) is 5.49. The molecule has 2 aromatic rings. The summed E-state index contributed by atoms with van der Waals surface area (Å²) in [6.45, 7) is 2.15. The molecule has 0 saturated carbocycles. The maximum atomic E-state index is 9.17. The molecule has 1 heterocycles. The Kier molecular flexibility index (Phi) is 3.32. The Balaban J connectivity index is 2.56. The first-order chi connectivity index (χ1) is 7.85. The Morgan fingerprint density at radius 2 is 2.12 bits per heavy atom. The molecule has 2 nitrogen and oxygen atoms in total. The van der Waals surface area contributed by atoms with Gasteiger partial charge in [0.2, 0.25) is 0 Å². The van der Waals surface area contributed by atoms with Crippen LogP contribution in [0.15, 0.2) is 42.1 Å². The minimum Gasteiger partial charge on any atom is -0.392 e. The summed E-state index contributed by atoms with van der Waals surface area (Å²) in [4.78, 5) is 4.38. The van der Waals surface area contributed by atoms with E-state index >= 15 is 0 Å². The first-order valence-corrected chi connectivity index (χ1v) is 5.49. The third-order valence-electron chi connectivity index (χ3n) is 2.68. The van der Waals surface area contributed by atoms with Crippen LogP contribution in [0.5, 0.6) is 0 Å². The fourth-order valence-electron chi connectivity index (χ4n) is 1.72. The van der Waals surface area contributed by atoms with Crippen molar-refractivity contribution in [2.45, 2.75) is 13.3 Å². The number of hydrogen-bond acceptors (Lipinski definition) is 2. The molecule has 0 aliphatic carbocycles. The van der Waals surface area contributed by atoms with Crippen molar-refractivity contribution < 1.29 is 5.11 Å². The van der Waals surface area contributed by atoms with E-state index in [0.717, 1.165) is 28.5 Å². The van der Waals surface area contributed by atoms with Gasteiger partial charge in [0.05, 0.1) is 12.1 Å². The molecule has 1 aromatic carbocycles. The number of benzene rings is 1. The topological polar surface area (TPSA) is 33.1 Å². The van der Waals surface area contributed by atoms with Gasteiger partial charge in [0, 0.05) is 17.1 Å². The van der Waals surface area contributed by atoms with Crippen molar-refractivity contribution in [3.63, 3.8) is 0 Å². The maximum Gasteiger partial charge on any atom is 0.0774 e. The third kappa shape index (κ3) is 2.12. The minimum atomic E-state index is 0.111. The van der Waals surface area contributed by atoms with Gasteiger partial charge in [-0.15, -0.1) is 0 Å². The highest BCUT2D eigenvalue weighted by Gasteiger charge is 2.00. The first kappa shape index (κ1) is 10.8. The number of nitrogens with zero attached hydrogens (tertiary/aromatic N) is 1. The van der Waals surface area contributed by atoms with Crippen LogP contribution >= 0.6 is 0 Å². The fraction of sp³-hybridized carbons (Fsp3) is 0.214. The molecule has 0 aliphatic heterocycles. The molecule has 0 spiro atoms. The smallest absolute Gasteiger partial charge is 0.0774 e. The van der Waals surface area contributed by atoms with Gasteiger partial charge < -0.3 is 5.11 Å². The third-order valence-corrected chi connectivity index (χ3v) is 2.68. The second kappa shape index (κ2) is 4.90. The Bertz CT molecular complexity index is 506. The highest BCUT2D eigenvalue weighted by Crippen LogP contribution is 2.19. The number of rotatable bonds is 3. The maximum absolute atomic E-state index is 9.17. The van der Waals surface area contributed by atoms with Crippen molar-refractivity contribution in [2.24, 2.45) is 0 Å². The van der Waals surface area contributed by atoms with Gasteiger partial charge in [-0.1, -0.05) is 37.3 Å². The van der Waals surface area contributed by atoms with Crippen LogP contribution in [-0.2, 0) is 0 Å². The lowest BCUT2D eigenvalue weighted by atomic mass is 10.1. The Morgan fingerprint density at radius 3 is 2.88 bits per heavy atom. The summed E-state index contributed by atoms with van der Waals surface area (Å²) >= 11 is 0. The van der Waals surface area contributed by atoms with Crippen LogP contribution < -0.4 is 0 Å². The van der Waals surface area contributed by atoms with Gasteiger partial charge in [-0.05, 0) is 18.1 Å². The minimum absolute atomic E-state index is 0.111. The van der Waals surface area contributed by atoms with Gasteiger partial charge in [-0.2, -0.15) is 0 Å². The van der Waals surface area contributed by atoms with E-state index in [1.54, 1.807) is 6.20 Å². The highest BCUT2D eigenvalue weighted by atomic mass is 16.3. The number of aromatic nitrogens is 1. The zero-order chi connectivity index (χ0) is 11.4. The average Bonchev–Trinajstić information content (AvgIpc) is 2.36. The van der Waals surface area contributed by atoms with E-state index < -0.39 is 0 Å². The van der Waals surface area contributed by atoms with Crippen molar-refractivity contribution in [3.8, 4) is 0 Å². The van der Waals surface area contributed by atoms with Crippen LogP contribution in [0, 0.1) is 0 Å². The Hall–Kier alpha value is -1.67. The van der Waals surface area contributed by atoms with Crippen LogP contribution in [0.2, 0.25) is 0 Å². The van der Waals surface area contributed by atoms with Gasteiger partial charge in [0.25, 0.3) is 0 Å². The lowest BCUT2D eigenvalue weighted by Gasteiger charge is -2.03. The van der Waals surface area contributed by atoms with Gasteiger partial charge in [-0.3, -0.25) is 4.98 Å². The number of fused-ring (bicyclic) bond motifs is 1. The number of aliphatic hydroxyl groups excluding tert-OH is 1. The number of hydrogen-bond donors (Lipinski definition) is 1.